The van der Waals surface area contributed by atoms with Crippen LogP contribution in [0.5, 0.6) is 5.75 Å². The third-order valence-electron chi connectivity index (χ3n) is 7.20. The largest absolute Gasteiger partial charge is 0.493 e. The van der Waals surface area contributed by atoms with Crippen molar-refractivity contribution in [3.8, 4) is 5.75 Å². The fourth-order valence-electron chi connectivity index (χ4n) is 5.53. The monoisotopic (exact) mass is 520 g/mol. The second-order valence-electron chi connectivity index (χ2n) is 9.47. The molecule has 0 N–H and O–H groups in total. The fraction of sp³-hybridized carbons (Fsp3) is 0.265. The number of nitrogens with zero attached hydrogens (tertiary/aromatic N) is 2. The highest BCUT2D eigenvalue weighted by molar-refractivity contribution is 6.04. The van der Waals surface area contributed by atoms with E-state index in [2.05, 4.69) is 84.0 Å². The van der Waals surface area contributed by atoms with Crippen molar-refractivity contribution in [1.29, 1.82) is 0 Å². The zero-order valence-electron chi connectivity index (χ0n) is 23.0. The van der Waals surface area contributed by atoms with E-state index in [1.165, 1.54) is 0 Å². The summed E-state index contributed by atoms with van der Waals surface area (Å²) in [7, 11) is 0. The number of carbonyl (C=O) groups is 1. The number of hydrogen-bond donors (Lipinski definition) is 0. The van der Waals surface area contributed by atoms with Crippen LogP contribution in [0.2, 0.25) is 0 Å². The molecule has 0 radical (unpaired) electrons. The normalized spacial score (nSPS) is 11.2. The lowest BCUT2D eigenvalue weighted by molar-refractivity contribution is 0.0513. The molecule has 5 heteroatoms. The second-order valence-corrected chi connectivity index (χ2v) is 9.47. The Hall–Kier alpha value is -4.25. The first-order valence-electron chi connectivity index (χ1n) is 13.9. The van der Waals surface area contributed by atoms with E-state index in [-0.39, 0.29) is 5.97 Å². The van der Waals surface area contributed by atoms with Crippen molar-refractivity contribution in [3.05, 3.63) is 102 Å². The van der Waals surface area contributed by atoms with Gasteiger partial charge in [0.05, 0.1) is 24.4 Å². The molecule has 0 unspecified atom stereocenters. The van der Waals surface area contributed by atoms with E-state index in [9.17, 15) is 4.79 Å². The van der Waals surface area contributed by atoms with E-state index < -0.39 is 0 Å². The third kappa shape index (κ3) is 5.22. The average Bonchev–Trinajstić information content (AvgIpc) is 3.30. The van der Waals surface area contributed by atoms with Crippen molar-refractivity contribution >= 4 is 39.0 Å². The molecule has 4 aromatic carbocycles. The van der Waals surface area contributed by atoms with Crippen LogP contribution in [0.3, 0.4) is 0 Å². The van der Waals surface area contributed by atoms with Gasteiger partial charge in [-0.3, -0.25) is 0 Å². The van der Waals surface area contributed by atoms with E-state index in [0.717, 1.165) is 57.3 Å². The third-order valence-corrected chi connectivity index (χ3v) is 7.20. The van der Waals surface area contributed by atoms with Crippen LogP contribution in [-0.2, 0) is 17.7 Å². The molecular weight excluding hydrogens is 484 g/mol. The topological polar surface area (TPSA) is 43.7 Å². The molecule has 5 aromatic rings. The Morgan fingerprint density at radius 1 is 0.821 bits per heavy atom. The van der Waals surface area contributed by atoms with Gasteiger partial charge in [-0.1, -0.05) is 66.7 Å². The molecule has 1 heterocycles. The van der Waals surface area contributed by atoms with Gasteiger partial charge in [0, 0.05) is 29.5 Å². The Bertz CT molecular complexity index is 1570. The van der Waals surface area contributed by atoms with Crippen LogP contribution >= 0.6 is 0 Å². The highest BCUT2D eigenvalue weighted by Gasteiger charge is 2.26. The molecule has 0 aliphatic rings. The van der Waals surface area contributed by atoms with Crippen LogP contribution in [0, 0.1) is 0 Å². The van der Waals surface area contributed by atoms with Crippen molar-refractivity contribution in [1.82, 2.24) is 4.57 Å². The number of esters is 1. The molecule has 0 fully saturated rings. The summed E-state index contributed by atoms with van der Waals surface area (Å²) in [6.45, 7) is 8.47. The molecule has 5 rings (SSSR count). The first-order chi connectivity index (χ1) is 19.2. The summed E-state index contributed by atoms with van der Waals surface area (Å²) in [6.07, 6.45) is 1.49. The lowest BCUT2D eigenvalue weighted by Crippen LogP contribution is -2.18. The molecule has 5 nitrogen and oxygen atoms in total. The molecule has 1 aromatic heterocycles. The highest BCUT2D eigenvalue weighted by Crippen LogP contribution is 2.38. The standard InChI is InChI=1S/C34H36N2O3/c1-4-35(26-17-8-7-9-18-26)30-22-13-20-28-29(33(34(37)38-6-3)36(5-2)32(28)30)21-14-24-39-31-23-12-16-25-15-10-11-19-27(25)31/h7-13,15-20,22-23H,4-6,14,21,24H2,1-3H3. The average molecular weight is 521 g/mol. The van der Waals surface area contributed by atoms with E-state index in [1.54, 1.807) is 0 Å². The number of hydrogen-bond acceptors (Lipinski definition) is 4. The van der Waals surface area contributed by atoms with Crippen LogP contribution in [0.1, 0.15) is 43.2 Å². The smallest absolute Gasteiger partial charge is 0.355 e. The number of para-hydroxylation sites is 2. The lowest BCUT2D eigenvalue weighted by atomic mass is 10.0. The van der Waals surface area contributed by atoms with Crippen LogP contribution in [-0.4, -0.2) is 30.3 Å². The highest BCUT2D eigenvalue weighted by atomic mass is 16.5. The van der Waals surface area contributed by atoms with Gasteiger partial charge >= 0.3 is 5.97 Å². The van der Waals surface area contributed by atoms with Gasteiger partial charge in [-0.25, -0.2) is 4.79 Å². The van der Waals surface area contributed by atoms with E-state index in [1.807, 2.05) is 37.3 Å². The minimum Gasteiger partial charge on any atom is -0.493 e. The van der Waals surface area contributed by atoms with Crippen molar-refractivity contribution in [2.24, 2.45) is 0 Å². The second kappa shape index (κ2) is 12.1. The summed E-state index contributed by atoms with van der Waals surface area (Å²) in [4.78, 5) is 15.7. The Balaban J connectivity index is 1.51. The molecule has 0 spiro atoms. The summed E-state index contributed by atoms with van der Waals surface area (Å²) in [5, 5.41) is 3.37. The van der Waals surface area contributed by atoms with Crippen molar-refractivity contribution in [3.63, 3.8) is 0 Å². The molecule has 0 bridgehead atoms. The van der Waals surface area contributed by atoms with Gasteiger partial charge in [-0.15, -0.1) is 0 Å². The Labute approximate surface area is 230 Å². The molecule has 0 aliphatic heterocycles. The van der Waals surface area contributed by atoms with Crippen LogP contribution in [0.15, 0.2) is 91.0 Å². The van der Waals surface area contributed by atoms with Gasteiger partial charge in [-0.05, 0) is 68.8 Å². The zero-order chi connectivity index (χ0) is 27.2. The molecule has 0 amide bonds. The summed E-state index contributed by atoms with van der Waals surface area (Å²) in [5.74, 6) is 0.618. The Morgan fingerprint density at radius 3 is 2.31 bits per heavy atom. The number of anilines is 2. The Morgan fingerprint density at radius 2 is 1.54 bits per heavy atom. The summed E-state index contributed by atoms with van der Waals surface area (Å²) < 4.78 is 13.9. The maximum atomic E-state index is 13.3. The quantitative estimate of drug-likeness (QED) is 0.130. The predicted octanol–water partition coefficient (Wildman–Crippen LogP) is 8.16. The molecular formula is C34H36N2O3. The minimum absolute atomic E-state index is 0.269. The van der Waals surface area contributed by atoms with Crippen LogP contribution < -0.4 is 9.64 Å². The van der Waals surface area contributed by atoms with E-state index in [4.69, 9.17) is 9.47 Å². The van der Waals surface area contributed by atoms with Crippen LogP contribution in [0.4, 0.5) is 11.4 Å². The summed E-state index contributed by atoms with van der Waals surface area (Å²) in [5.41, 5.74) is 4.96. The number of carbonyl (C=O) groups excluding carboxylic acids is 1. The first kappa shape index (κ1) is 26.4. The van der Waals surface area contributed by atoms with Gasteiger partial charge < -0.3 is 18.9 Å². The molecule has 0 saturated heterocycles. The summed E-state index contributed by atoms with van der Waals surface area (Å²) >= 11 is 0. The van der Waals surface area contributed by atoms with Crippen molar-refractivity contribution in [2.45, 2.75) is 40.2 Å². The molecule has 39 heavy (non-hydrogen) atoms. The van der Waals surface area contributed by atoms with Gasteiger partial charge in [0.1, 0.15) is 11.4 Å². The number of benzene rings is 4. The van der Waals surface area contributed by atoms with Crippen molar-refractivity contribution in [2.75, 3.05) is 24.7 Å². The molecule has 0 atom stereocenters. The van der Waals surface area contributed by atoms with Crippen LogP contribution in [0.25, 0.3) is 21.7 Å². The predicted molar refractivity (Wildman–Crippen MR) is 160 cm³/mol. The SMILES string of the molecule is CCOC(=O)c1c(CCCOc2cccc3ccccc23)c2cccc(N(CC)c3ccccc3)c2n1CC. The van der Waals surface area contributed by atoms with Gasteiger partial charge in [0.2, 0.25) is 0 Å². The molecule has 200 valence electrons. The Kier molecular flexibility index (Phi) is 8.16. The van der Waals surface area contributed by atoms with Gasteiger partial charge in [0.15, 0.2) is 0 Å². The fourth-order valence-corrected chi connectivity index (χ4v) is 5.53. The number of aryl methyl sites for hydroxylation is 2. The molecule has 0 saturated carbocycles. The maximum absolute atomic E-state index is 13.3. The van der Waals surface area contributed by atoms with E-state index >= 15 is 0 Å². The number of ether oxygens (including phenoxy) is 2. The van der Waals surface area contributed by atoms with Crippen molar-refractivity contribution < 1.29 is 14.3 Å². The number of rotatable bonds is 11. The molecule has 0 aliphatic carbocycles. The summed E-state index contributed by atoms with van der Waals surface area (Å²) in [6, 6.07) is 31.2. The zero-order valence-corrected chi connectivity index (χ0v) is 23.0. The van der Waals surface area contributed by atoms with Gasteiger partial charge in [0.25, 0.3) is 0 Å². The van der Waals surface area contributed by atoms with Gasteiger partial charge in [-0.2, -0.15) is 0 Å². The number of fused-ring (bicyclic) bond motifs is 2. The minimum atomic E-state index is -0.269. The number of aromatic nitrogens is 1. The first-order valence-corrected chi connectivity index (χ1v) is 13.9. The lowest BCUT2D eigenvalue weighted by Gasteiger charge is -2.25. The van der Waals surface area contributed by atoms with E-state index in [0.29, 0.717) is 31.9 Å². The maximum Gasteiger partial charge on any atom is 0.355 e.